The van der Waals surface area contributed by atoms with Crippen molar-refractivity contribution < 1.29 is 17.7 Å². The second-order valence-corrected chi connectivity index (χ2v) is 7.14. The highest BCUT2D eigenvalue weighted by atomic mass is 28.4. The lowest BCUT2D eigenvalue weighted by atomic mass is 10.1. The summed E-state index contributed by atoms with van der Waals surface area (Å²) >= 11 is 0. The van der Waals surface area contributed by atoms with E-state index in [1.807, 2.05) is 20.8 Å². The third-order valence-electron chi connectivity index (χ3n) is 2.75. The van der Waals surface area contributed by atoms with Gasteiger partial charge in [0.1, 0.15) is 0 Å². The number of allylic oxidation sites excluding steroid dienone is 3. The van der Waals surface area contributed by atoms with E-state index in [-0.39, 0.29) is 0 Å². The molecule has 124 valence electrons. The van der Waals surface area contributed by atoms with Crippen molar-refractivity contribution in [3.63, 3.8) is 0 Å². The van der Waals surface area contributed by atoms with Gasteiger partial charge < -0.3 is 17.7 Å². The van der Waals surface area contributed by atoms with Crippen molar-refractivity contribution in [3.8, 4) is 0 Å². The molecule has 21 heavy (non-hydrogen) atoms. The first-order chi connectivity index (χ1) is 9.99. The molecule has 5 heteroatoms. The van der Waals surface area contributed by atoms with Crippen molar-refractivity contribution in [1.82, 2.24) is 0 Å². The zero-order valence-electron chi connectivity index (χ0n) is 14.5. The van der Waals surface area contributed by atoms with Gasteiger partial charge in [-0.25, -0.2) is 0 Å². The Morgan fingerprint density at radius 3 is 1.76 bits per heavy atom. The number of hydrogen-bond acceptors (Lipinski definition) is 4. The zero-order valence-corrected chi connectivity index (χ0v) is 15.5. The molecule has 0 aliphatic rings. The van der Waals surface area contributed by atoms with Crippen molar-refractivity contribution in [2.45, 2.75) is 54.4 Å². The summed E-state index contributed by atoms with van der Waals surface area (Å²) in [5.74, 6) is 0. The monoisotopic (exact) mass is 316 g/mol. The van der Waals surface area contributed by atoms with E-state index in [9.17, 15) is 0 Å². The average molecular weight is 317 g/mol. The van der Waals surface area contributed by atoms with Crippen LogP contribution in [0.1, 0.15) is 54.4 Å². The van der Waals surface area contributed by atoms with Gasteiger partial charge in [-0.05, 0) is 54.4 Å². The molecule has 0 spiro atoms. The first-order valence-electron chi connectivity index (χ1n) is 7.84. The molecule has 4 nitrogen and oxygen atoms in total. The highest BCUT2D eigenvalue weighted by Crippen LogP contribution is 2.13. The molecule has 0 fully saturated rings. The Labute approximate surface area is 131 Å². The molecule has 0 radical (unpaired) electrons. The van der Waals surface area contributed by atoms with Crippen LogP contribution in [0.2, 0.25) is 0 Å². The van der Waals surface area contributed by atoms with Crippen molar-refractivity contribution in [2.75, 3.05) is 26.4 Å². The van der Waals surface area contributed by atoms with Gasteiger partial charge in [0.15, 0.2) is 0 Å². The SMILES string of the molecule is CCO[Si](OCC)(OCC)OCC=C(C)CCC=C(C)C. The summed E-state index contributed by atoms with van der Waals surface area (Å²) in [6.45, 7) is 14.2. The molecule has 0 aliphatic carbocycles. The summed E-state index contributed by atoms with van der Waals surface area (Å²) in [5, 5.41) is 0. The summed E-state index contributed by atoms with van der Waals surface area (Å²) in [4.78, 5) is 0. The zero-order chi connectivity index (χ0) is 16.1. The molecule has 0 atom stereocenters. The van der Waals surface area contributed by atoms with E-state index >= 15 is 0 Å². The molecule has 0 aromatic rings. The fourth-order valence-electron chi connectivity index (χ4n) is 1.76. The van der Waals surface area contributed by atoms with Crippen molar-refractivity contribution in [1.29, 1.82) is 0 Å². The second kappa shape index (κ2) is 12.1. The van der Waals surface area contributed by atoms with E-state index in [0.717, 1.165) is 12.8 Å². The summed E-state index contributed by atoms with van der Waals surface area (Å²) < 4.78 is 22.7. The molecule has 0 N–H and O–H groups in total. The predicted molar refractivity (Wildman–Crippen MR) is 89.0 cm³/mol. The lowest BCUT2D eigenvalue weighted by Crippen LogP contribution is -2.49. The van der Waals surface area contributed by atoms with Crippen LogP contribution in [0.15, 0.2) is 23.3 Å². The van der Waals surface area contributed by atoms with Crippen LogP contribution < -0.4 is 0 Å². The van der Waals surface area contributed by atoms with Gasteiger partial charge in [0, 0.05) is 19.8 Å². The summed E-state index contributed by atoms with van der Waals surface area (Å²) in [7, 11) is -2.97. The molecule has 0 rings (SSSR count). The summed E-state index contributed by atoms with van der Waals surface area (Å²) in [6, 6.07) is 0. The number of rotatable bonds is 12. The molecule has 0 unspecified atom stereocenters. The van der Waals surface area contributed by atoms with Crippen LogP contribution in [0.25, 0.3) is 0 Å². The summed E-state index contributed by atoms with van der Waals surface area (Å²) in [5.41, 5.74) is 2.66. The van der Waals surface area contributed by atoms with Crippen LogP contribution in [-0.2, 0) is 17.7 Å². The van der Waals surface area contributed by atoms with Crippen LogP contribution in [-0.4, -0.2) is 35.5 Å². The molecule has 0 bridgehead atoms. The molecular formula is C16H32O4Si. The Morgan fingerprint density at radius 2 is 1.33 bits per heavy atom. The van der Waals surface area contributed by atoms with Crippen LogP contribution in [0, 0.1) is 0 Å². The van der Waals surface area contributed by atoms with Crippen molar-refractivity contribution in [2.24, 2.45) is 0 Å². The minimum Gasteiger partial charge on any atom is -0.351 e. The first-order valence-corrected chi connectivity index (χ1v) is 9.47. The van der Waals surface area contributed by atoms with E-state index in [2.05, 4.69) is 32.9 Å². The van der Waals surface area contributed by atoms with Crippen LogP contribution in [0.3, 0.4) is 0 Å². The third kappa shape index (κ3) is 9.98. The van der Waals surface area contributed by atoms with Gasteiger partial charge in [0.2, 0.25) is 0 Å². The standard InChI is InChI=1S/C16H32O4Si/c1-7-17-21(18-8-2,19-9-3)20-14-13-16(6)12-10-11-15(4)5/h11,13H,7-10,12,14H2,1-6H3. The molecule has 0 aliphatic heterocycles. The largest absolute Gasteiger partial charge is 0.679 e. The molecule has 0 aromatic carbocycles. The Kier molecular flexibility index (Phi) is 11.9. The Hall–Kier alpha value is -0.463. The van der Waals surface area contributed by atoms with Crippen LogP contribution in [0.5, 0.6) is 0 Å². The van der Waals surface area contributed by atoms with E-state index in [0.29, 0.717) is 26.4 Å². The maximum atomic E-state index is 5.83. The van der Waals surface area contributed by atoms with Gasteiger partial charge in [0.05, 0.1) is 6.61 Å². The van der Waals surface area contributed by atoms with Gasteiger partial charge in [-0.15, -0.1) is 0 Å². The Morgan fingerprint density at radius 1 is 0.810 bits per heavy atom. The van der Waals surface area contributed by atoms with E-state index in [1.54, 1.807) is 0 Å². The van der Waals surface area contributed by atoms with Gasteiger partial charge in [-0.2, -0.15) is 0 Å². The maximum Gasteiger partial charge on any atom is 0.679 e. The van der Waals surface area contributed by atoms with E-state index in [1.165, 1.54) is 11.1 Å². The maximum absolute atomic E-state index is 5.83. The van der Waals surface area contributed by atoms with Crippen molar-refractivity contribution in [3.05, 3.63) is 23.3 Å². The molecular weight excluding hydrogens is 284 g/mol. The quantitative estimate of drug-likeness (QED) is 0.398. The Bertz CT molecular complexity index is 305. The van der Waals surface area contributed by atoms with Crippen molar-refractivity contribution >= 4 is 9.05 Å². The fraction of sp³-hybridized carbons (Fsp3) is 0.750. The topological polar surface area (TPSA) is 36.9 Å². The molecule has 0 aromatic heterocycles. The van der Waals surface area contributed by atoms with Gasteiger partial charge in [-0.3, -0.25) is 0 Å². The minimum absolute atomic E-state index is 0.465. The molecule has 0 saturated carbocycles. The molecule has 0 heterocycles. The van der Waals surface area contributed by atoms with Gasteiger partial charge >= 0.3 is 9.05 Å². The van der Waals surface area contributed by atoms with Gasteiger partial charge in [-0.1, -0.05) is 23.3 Å². The predicted octanol–water partition coefficient (Wildman–Crippen LogP) is 4.24. The van der Waals surface area contributed by atoms with Gasteiger partial charge in [0.25, 0.3) is 0 Å². The summed E-state index contributed by atoms with van der Waals surface area (Å²) in [6.07, 6.45) is 6.44. The Balaban J connectivity index is 4.41. The third-order valence-corrected chi connectivity index (χ3v) is 5.19. The van der Waals surface area contributed by atoms with E-state index in [4.69, 9.17) is 17.7 Å². The second-order valence-electron chi connectivity index (χ2n) is 4.98. The van der Waals surface area contributed by atoms with Crippen LogP contribution >= 0.6 is 0 Å². The first kappa shape index (κ1) is 20.5. The lowest BCUT2D eigenvalue weighted by molar-refractivity contribution is -0.0216. The van der Waals surface area contributed by atoms with Crippen LogP contribution in [0.4, 0.5) is 0 Å². The van der Waals surface area contributed by atoms with E-state index < -0.39 is 9.05 Å². The normalized spacial score (nSPS) is 12.6. The highest BCUT2D eigenvalue weighted by molar-refractivity contribution is 6.53. The smallest absolute Gasteiger partial charge is 0.351 e. The minimum atomic E-state index is -2.97. The molecule has 0 saturated heterocycles. The average Bonchev–Trinajstić information content (AvgIpc) is 2.39. The number of hydrogen-bond donors (Lipinski definition) is 0. The fourth-order valence-corrected chi connectivity index (χ4v) is 3.61. The molecule has 0 amide bonds. The highest BCUT2D eigenvalue weighted by Gasteiger charge is 2.44. The lowest BCUT2D eigenvalue weighted by Gasteiger charge is -2.26.